The second-order valence-corrected chi connectivity index (χ2v) is 9.63. The lowest BCUT2D eigenvalue weighted by atomic mass is 9.76. The van der Waals surface area contributed by atoms with Gasteiger partial charge in [-0.25, -0.2) is 0 Å². The van der Waals surface area contributed by atoms with Crippen LogP contribution in [0, 0.1) is 25.7 Å². The maximum Gasteiger partial charge on any atom is 0.230 e. The molecule has 1 aromatic rings. The summed E-state index contributed by atoms with van der Waals surface area (Å²) in [4.78, 5) is 33.4. The maximum atomic E-state index is 13.6. The van der Waals surface area contributed by atoms with E-state index in [-0.39, 0.29) is 17.9 Å². The Balaban J connectivity index is 1.35. The summed E-state index contributed by atoms with van der Waals surface area (Å²) < 4.78 is 6.33. The Morgan fingerprint density at radius 1 is 1.16 bits per heavy atom. The molecule has 3 fully saturated rings. The van der Waals surface area contributed by atoms with E-state index in [1.54, 1.807) is 0 Å². The first-order valence-electron chi connectivity index (χ1n) is 11.6. The first-order valence-corrected chi connectivity index (χ1v) is 11.6. The van der Waals surface area contributed by atoms with Crippen LogP contribution in [0.4, 0.5) is 0 Å². The monoisotopic (exact) mass is 423 g/mol. The number of hydrogen-bond acceptors (Lipinski definition) is 4. The second-order valence-electron chi connectivity index (χ2n) is 9.63. The third-order valence-electron chi connectivity index (χ3n) is 7.76. The van der Waals surface area contributed by atoms with Crippen LogP contribution >= 0.6 is 0 Å². The van der Waals surface area contributed by atoms with Crippen LogP contribution in [-0.2, 0) is 20.9 Å². The van der Waals surface area contributed by atoms with E-state index in [1.807, 2.05) is 22.0 Å². The summed E-state index contributed by atoms with van der Waals surface area (Å²) in [6.07, 6.45) is 4.78. The Labute approximate surface area is 184 Å². The highest BCUT2D eigenvalue weighted by molar-refractivity contribution is 5.93. The molecule has 166 valence electrons. The molecule has 1 spiro atoms. The van der Waals surface area contributed by atoms with Gasteiger partial charge in [0.15, 0.2) is 0 Å². The number of likely N-dealkylation sites (tertiary alicyclic amines) is 1. The van der Waals surface area contributed by atoms with Crippen LogP contribution in [0.25, 0.3) is 0 Å². The van der Waals surface area contributed by atoms with Gasteiger partial charge in [-0.2, -0.15) is 0 Å². The molecular weight excluding hydrogens is 390 g/mol. The molecule has 2 amide bonds. The van der Waals surface area contributed by atoms with Crippen molar-refractivity contribution in [1.29, 1.82) is 0 Å². The summed E-state index contributed by atoms with van der Waals surface area (Å²) in [6, 6.07) is 6.36. The fourth-order valence-electron chi connectivity index (χ4n) is 5.83. The molecule has 4 heterocycles. The number of nitrogens with zero attached hydrogens (tertiary/aromatic N) is 3. The number of carbonyl (C=O) groups excluding carboxylic acids is 2. The zero-order valence-corrected chi connectivity index (χ0v) is 18.8. The SMILES string of the molecule is CCN1CCCN(C(=O)[C@H]2[C@@H]3C=C[C@@]4(CN(Cc5ccc(C)c(C)c5)C(=O)[C@@H]24)O3)CC1. The first-order chi connectivity index (χ1) is 14.9. The van der Waals surface area contributed by atoms with Crippen molar-refractivity contribution in [2.24, 2.45) is 11.8 Å². The molecule has 4 atom stereocenters. The predicted octanol–water partition coefficient (Wildman–Crippen LogP) is 2.14. The number of carbonyl (C=O) groups is 2. The van der Waals surface area contributed by atoms with Crippen molar-refractivity contribution < 1.29 is 14.3 Å². The van der Waals surface area contributed by atoms with Crippen molar-refractivity contribution in [3.63, 3.8) is 0 Å². The van der Waals surface area contributed by atoms with Gasteiger partial charge < -0.3 is 19.4 Å². The van der Waals surface area contributed by atoms with E-state index in [0.717, 1.165) is 44.7 Å². The van der Waals surface area contributed by atoms with Crippen LogP contribution in [0.2, 0.25) is 0 Å². The van der Waals surface area contributed by atoms with E-state index in [1.165, 1.54) is 11.1 Å². The Morgan fingerprint density at radius 3 is 2.77 bits per heavy atom. The Kier molecular flexibility index (Phi) is 5.18. The van der Waals surface area contributed by atoms with Gasteiger partial charge in [0.05, 0.1) is 24.5 Å². The van der Waals surface area contributed by atoms with Crippen LogP contribution < -0.4 is 0 Å². The molecule has 0 saturated carbocycles. The summed E-state index contributed by atoms with van der Waals surface area (Å²) in [7, 11) is 0. The van der Waals surface area contributed by atoms with Crippen LogP contribution in [0.15, 0.2) is 30.4 Å². The average molecular weight is 424 g/mol. The third kappa shape index (κ3) is 3.40. The smallest absolute Gasteiger partial charge is 0.230 e. The summed E-state index contributed by atoms with van der Waals surface area (Å²) >= 11 is 0. The molecule has 1 aromatic carbocycles. The predicted molar refractivity (Wildman–Crippen MR) is 118 cm³/mol. The lowest BCUT2D eigenvalue weighted by Gasteiger charge is -2.29. The fraction of sp³-hybridized carbons (Fsp3) is 0.600. The van der Waals surface area contributed by atoms with Gasteiger partial charge in [0, 0.05) is 26.2 Å². The van der Waals surface area contributed by atoms with Crippen LogP contribution in [0.5, 0.6) is 0 Å². The molecule has 4 aliphatic rings. The third-order valence-corrected chi connectivity index (χ3v) is 7.76. The van der Waals surface area contributed by atoms with E-state index in [2.05, 4.69) is 43.9 Å². The van der Waals surface area contributed by atoms with Crippen molar-refractivity contribution >= 4 is 11.8 Å². The highest BCUT2D eigenvalue weighted by atomic mass is 16.5. The van der Waals surface area contributed by atoms with Gasteiger partial charge in [-0.05, 0) is 50.0 Å². The minimum Gasteiger partial charge on any atom is -0.360 e. The van der Waals surface area contributed by atoms with Gasteiger partial charge in [0.25, 0.3) is 0 Å². The van der Waals surface area contributed by atoms with Gasteiger partial charge in [-0.15, -0.1) is 0 Å². The van der Waals surface area contributed by atoms with Gasteiger partial charge in [0.1, 0.15) is 5.60 Å². The molecule has 6 heteroatoms. The van der Waals surface area contributed by atoms with Gasteiger partial charge >= 0.3 is 0 Å². The Bertz CT molecular complexity index is 929. The molecule has 0 N–H and O–H groups in total. The number of aryl methyl sites for hydroxylation is 2. The Hall–Kier alpha value is -2.18. The first kappa shape index (κ1) is 20.7. The molecule has 0 radical (unpaired) electrons. The summed E-state index contributed by atoms with van der Waals surface area (Å²) in [5.74, 6) is -0.628. The molecule has 0 unspecified atom stereocenters. The van der Waals surface area contributed by atoms with Crippen LogP contribution in [0.1, 0.15) is 30.0 Å². The minimum absolute atomic E-state index is 0.0634. The summed E-state index contributed by atoms with van der Waals surface area (Å²) in [5.41, 5.74) is 2.97. The van der Waals surface area contributed by atoms with Crippen LogP contribution in [0.3, 0.4) is 0 Å². The second kappa shape index (κ2) is 7.75. The van der Waals surface area contributed by atoms with Gasteiger partial charge in [-0.1, -0.05) is 37.3 Å². The van der Waals surface area contributed by atoms with Crippen molar-refractivity contribution in [2.75, 3.05) is 39.3 Å². The van der Waals surface area contributed by atoms with Gasteiger partial charge in [0.2, 0.25) is 11.8 Å². The number of rotatable bonds is 4. The number of ether oxygens (including phenoxy) is 1. The maximum absolute atomic E-state index is 13.6. The topological polar surface area (TPSA) is 53.1 Å². The highest BCUT2D eigenvalue weighted by Gasteiger charge is 2.67. The van der Waals surface area contributed by atoms with E-state index < -0.39 is 17.4 Å². The van der Waals surface area contributed by atoms with E-state index in [4.69, 9.17) is 4.74 Å². The normalized spacial score (nSPS) is 32.6. The van der Waals surface area contributed by atoms with Crippen molar-refractivity contribution in [3.8, 4) is 0 Å². The molecule has 31 heavy (non-hydrogen) atoms. The number of hydrogen-bond donors (Lipinski definition) is 0. The summed E-state index contributed by atoms with van der Waals surface area (Å²) in [6.45, 7) is 11.9. The molecule has 5 rings (SSSR count). The molecule has 3 saturated heterocycles. The van der Waals surface area contributed by atoms with Crippen LogP contribution in [-0.4, -0.2) is 77.5 Å². The largest absolute Gasteiger partial charge is 0.360 e. The molecular formula is C25H33N3O3. The van der Waals surface area contributed by atoms with E-state index >= 15 is 0 Å². The number of amides is 2. The molecule has 4 aliphatic heterocycles. The number of fused-ring (bicyclic) bond motifs is 1. The van der Waals surface area contributed by atoms with Crippen molar-refractivity contribution in [1.82, 2.24) is 14.7 Å². The number of likely N-dealkylation sites (N-methyl/N-ethyl adjacent to an activating group) is 1. The van der Waals surface area contributed by atoms with E-state index in [0.29, 0.717) is 13.1 Å². The summed E-state index contributed by atoms with van der Waals surface area (Å²) in [5, 5.41) is 0. The van der Waals surface area contributed by atoms with Crippen molar-refractivity contribution in [3.05, 3.63) is 47.0 Å². The zero-order valence-electron chi connectivity index (χ0n) is 18.8. The van der Waals surface area contributed by atoms with E-state index in [9.17, 15) is 9.59 Å². The molecule has 0 aliphatic carbocycles. The average Bonchev–Trinajstić information content (AvgIpc) is 3.31. The zero-order chi connectivity index (χ0) is 21.8. The van der Waals surface area contributed by atoms with Gasteiger partial charge in [-0.3, -0.25) is 9.59 Å². The molecule has 0 aromatic heterocycles. The highest BCUT2D eigenvalue weighted by Crippen LogP contribution is 2.52. The number of benzene rings is 1. The van der Waals surface area contributed by atoms with Crippen molar-refractivity contribution in [2.45, 2.75) is 45.4 Å². The molecule has 2 bridgehead atoms. The minimum atomic E-state index is -0.636. The quantitative estimate of drug-likeness (QED) is 0.697. The lowest BCUT2D eigenvalue weighted by molar-refractivity contribution is -0.143. The lowest BCUT2D eigenvalue weighted by Crippen LogP contribution is -2.47. The molecule has 6 nitrogen and oxygen atoms in total. The standard InChI is InChI=1S/C25H33N3O3/c1-4-26-10-5-11-27(13-12-26)23(29)21-20-8-9-25(31-20)16-28(24(30)22(21)25)15-19-7-6-17(2)18(3)14-19/h6-9,14,20-22H,4-5,10-13,15-16H2,1-3H3/t20-,21-,22+,25-/m0/s1. The Morgan fingerprint density at radius 2 is 2.00 bits per heavy atom. The fourth-order valence-corrected chi connectivity index (χ4v) is 5.83.